The molecule has 2 heterocycles. The van der Waals surface area contributed by atoms with Crippen LogP contribution in [0.2, 0.25) is 0 Å². The molecular weight excluding hydrogens is 402 g/mol. The van der Waals surface area contributed by atoms with Crippen molar-refractivity contribution in [1.29, 1.82) is 0 Å². The third kappa shape index (κ3) is 5.66. The Morgan fingerprint density at radius 2 is 1.97 bits per heavy atom. The van der Waals surface area contributed by atoms with Gasteiger partial charge < -0.3 is 9.64 Å². The Morgan fingerprint density at radius 3 is 2.67 bits per heavy atom. The first kappa shape index (κ1) is 22.0. The molecule has 0 bridgehead atoms. The molecule has 1 aromatic heterocycles. The Hall–Kier alpha value is -2.74. The van der Waals surface area contributed by atoms with Gasteiger partial charge in [0, 0.05) is 25.3 Å². The van der Waals surface area contributed by atoms with E-state index in [2.05, 4.69) is 11.9 Å². The van der Waals surface area contributed by atoms with Gasteiger partial charge in [-0.05, 0) is 37.0 Å². The van der Waals surface area contributed by atoms with Gasteiger partial charge in [0.05, 0.1) is 11.4 Å². The molecule has 7 nitrogen and oxygen atoms in total. The highest BCUT2D eigenvalue weighted by atomic mass is 32.1. The van der Waals surface area contributed by atoms with Crippen LogP contribution in [0.4, 0.5) is 10.8 Å². The van der Waals surface area contributed by atoms with Gasteiger partial charge in [0.25, 0.3) is 0 Å². The van der Waals surface area contributed by atoms with E-state index < -0.39 is 5.97 Å². The zero-order valence-electron chi connectivity index (χ0n) is 17.4. The predicted octanol–water partition coefficient (Wildman–Crippen LogP) is 3.84. The molecule has 160 valence electrons. The van der Waals surface area contributed by atoms with Gasteiger partial charge in [-0.1, -0.05) is 25.5 Å². The fourth-order valence-electron chi connectivity index (χ4n) is 3.33. The summed E-state index contributed by atoms with van der Waals surface area (Å²) in [4.78, 5) is 44.0. The first-order valence-electron chi connectivity index (χ1n) is 10.3. The fraction of sp³-hybridized carbons (Fsp3) is 0.455. The number of carbonyl (C=O) groups excluding carboxylic acids is 3. The number of ether oxygens (including phenoxy) is 1. The molecule has 0 aliphatic carbocycles. The Morgan fingerprint density at radius 1 is 1.20 bits per heavy atom. The van der Waals surface area contributed by atoms with Crippen molar-refractivity contribution in [2.24, 2.45) is 0 Å². The first-order valence-corrected chi connectivity index (χ1v) is 11.1. The van der Waals surface area contributed by atoms with Gasteiger partial charge in [-0.3, -0.25) is 19.3 Å². The molecule has 0 N–H and O–H groups in total. The van der Waals surface area contributed by atoms with E-state index >= 15 is 0 Å². The summed E-state index contributed by atoms with van der Waals surface area (Å²) >= 11 is 1.32. The zero-order chi connectivity index (χ0) is 21.5. The molecule has 30 heavy (non-hydrogen) atoms. The molecule has 0 unspecified atom stereocenters. The maximum Gasteiger partial charge on any atom is 0.326 e. The highest BCUT2D eigenvalue weighted by molar-refractivity contribution is 7.14. The lowest BCUT2D eigenvalue weighted by molar-refractivity contribution is -0.150. The minimum absolute atomic E-state index is 0.00610. The summed E-state index contributed by atoms with van der Waals surface area (Å²) in [5.41, 5.74) is 2.51. The summed E-state index contributed by atoms with van der Waals surface area (Å²) in [5, 5.41) is 2.30. The van der Waals surface area contributed by atoms with Crippen molar-refractivity contribution >= 4 is 39.9 Å². The number of rotatable bonds is 7. The number of hydrogen-bond donors (Lipinski definition) is 0. The van der Waals surface area contributed by atoms with Gasteiger partial charge in [0.1, 0.15) is 13.2 Å². The van der Waals surface area contributed by atoms with E-state index in [1.807, 2.05) is 24.3 Å². The quantitative estimate of drug-likeness (QED) is 0.625. The second kappa shape index (κ2) is 10.3. The topological polar surface area (TPSA) is 79.8 Å². The van der Waals surface area contributed by atoms with Crippen LogP contribution in [0.15, 0.2) is 29.6 Å². The smallest absolute Gasteiger partial charge is 0.326 e. The van der Waals surface area contributed by atoms with E-state index in [9.17, 15) is 14.4 Å². The summed E-state index contributed by atoms with van der Waals surface area (Å²) < 4.78 is 5.32. The Balaban J connectivity index is 1.60. The van der Waals surface area contributed by atoms with Crippen LogP contribution in [-0.2, 0) is 32.1 Å². The normalized spacial score (nSPS) is 14.3. The van der Waals surface area contributed by atoms with E-state index in [-0.39, 0.29) is 25.0 Å². The highest BCUT2D eigenvalue weighted by Crippen LogP contribution is 2.29. The van der Waals surface area contributed by atoms with Crippen molar-refractivity contribution in [3.05, 3.63) is 40.9 Å². The number of aromatic nitrogens is 1. The van der Waals surface area contributed by atoms with E-state index in [1.165, 1.54) is 23.8 Å². The zero-order valence-corrected chi connectivity index (χ0v) is 18.2. The van der Waals surface area contributed by atoms with E-state index in [4.69, 9.17) is 4.74 Å². The third-order valence-electron chi connectivity index (χ3n) is 5.02. The molecular formula is C22H27N3O4S. The Kier molecular flexibility index (Phi) is 7.57. The molecule has 0 atom stereocenters. The Bertz CT molecular complexity index is 894. The monoisotopic (exact) mass is 429 g/mol. The summed E-state index contributed by atoms with van der Waals surface area (Å²) in [6.07, 6.45) is 4.21. The third-order valence-corrected chi connectivity index (χ3v) is 5.90. The van der Waals surface area contributed by atoms with Gasteiger partial charge in [-0.15, -0.1) is 11.3 Å². The Labute approximate surface area is 180 Å². The van der Waals surface area contributed by atoms with Gasteiger partial charge >= 0.3 is 5.97 Å². The minimum Gasteiger partial charge on any atom is -0.458 e. The van der Waals surface area contributed by atoms with Gasteiger partial charge in [0.2, 0.25) is 11.8 Å². The average Bonchev–Trinajstić information content (AvgIpc) is 3.10. The standard InChI is InChI=1S/C22H27N3O4S/c1-3-17-8-10-19(11-9-17)25(16(2)26)22-23-18(15-30-22)14-29-21(28)13-24-12-6-4-5-7-20(24)27/h8-11,15H,3-7,12-14H2,1-2H3. The lowest BCUT2D eigenvalue weighted by Gasteiger charge is -2.19. The number of thiazole rings is 1. The van der Waals surface area contributed by atoms with E-state index in [0.29, 0.717) is 23.8 Å². The second-order valence-electron chi connectivity index (χ2n) is 7.28. The second-order valence-corrected chi connectivity index (χ2v) is 8.12. The van der Waals surface area contributed by atoms with Crippen molar-refractivity contribution in [2.75, 3.05) is 18.0 Å². The van der Waals surface area contributed by atoms with Crippen LogP contribution < -0.4 is 4.90 Å². The van der Waals surface area contributed by atoms with Crippen LogP contribution in [0.25, 0.3) is 0 Å². The van der Waals surface area contributed by atoms with E-state index in [0.717, 1.165) is 31.4 Å². The van der Waals surface area contributed by atoms with Crippen molar-refractivity contribution < 1.29 is 19.1 Å². The molecule has 0 spiro atoms. The number of nitrogens with zero attached hydrogens (tertiary/aromatic N) is 3. The van der Waals surface area contributed by atoms with Crippen LogP contribution in [-0.4, -0.2) is 40.8 Å². The molecule has 0 radical (unpaired) electrons. The van der Waals surface area contributed by atoms with Crippen molar-refractivity contribution in [1.82, 2.24) is 9.88 Å². The fourth-order valence-corrected chi connectivity index (χ4v) is 4.21. The molecule has 2 amide bonds. The predicted molar refractivity (Wildman–Crippen MR) is 116 cm³/mol. The number of likely N-dealkylation sites (tertiary alicyclic amines) is 1. The van der Waals surface area contributed by atoms with Crippen LogP contribution >= 0.6 is 11.3 Å². The van der Waals surface area contributed by atoms with Crippen molar-refractivity contribution in [3.63, 3.8) is 0 Å². The minimum atomic E-state index is -0.446. The number of anilines is 2. The number of benzene rings is 1. The van der Waals surface area contributed by atoms with Crippen molar-refractivity contribution in [3.8, 4) is 0 Å². The SMILES string of the molecule is CCc1ccc(N(C(C)=O)c2nc(COC(=O)CN3CCCCCC3=O)cs2)cc1. The summed E-state index contributed by atoms with van der Waals surface area (Å²) in [6.45, 7) is 4.15. The van der Waals surface area contributed by atoms with Crippen molar-refractivity contribution in [2.45, 2.75) is 52.6 Å². The average molecular weight is 430 g/mol. The largest absolute Gasteiger partial charge is 0.458 e. The highest BCUT2D eigenvalue weighted by Gasteiger charge is 2.21. The molecule has 2 aromatic rings. The number of esters is 1. The molecule has 1 fully saturated rings. The molecule has 0 saturated carbocycles. The maximum atomic E-state index is 12.2. The molecule has 1 aliphatic heterocycles. The van der Waals surface area contributed by atoms with Crippen LogP contribution in [0, 0.1) is 0 Å². The first-order chi connectivity index (χ1) is 14.5. The lowest BCUT2D eigenvalue weighted by Crippen LogP contribution is -2.35. The summed E-state index contributed by atoms with van der Waals surface area (Å²) in [5.74, 6) is -0.582. The van der Waals surface area contributed by atoms with Crippen LogP contribution in [0.3, 0.4) is 0 Å². The summed E-state index contributed by atoms with van der Waals surface area (Å²) in [7, 11) is 0. The number of hydrogen-bond acceptors (Lipinski definition) is 6. The number of amides is 2. The van der Waals surface area contributed by atoms with E-state index in [1.54, 1.807) is 15.2 Å². The van der Waals surface area contributed by atoms with Crippen LogP contribution in [0.5, 0.6) is 0 Å². The molecule has 3 rings (SSSR count). The summed E-state index contributed by atoms with van der Waals surface area (Å²) in [6, 6.07) is 7.79. The van der Waals surface area contributed by atoms with Gasteiger partial charge in [0.15, 0.2) is 5.13 Å². The molecule has 8 heteroatoms. The lowest BCUT2D eigenvalue weighted by atomic mass is 10.1. The van der Waals surface area contributed by atoms with Crippen LogP contribution in [0.1, 0.15) is 50.8 Å². The van der Waals surface area contributed by atoms with Gasteiger partial charge in [-0.2, -0.15) is 0 Å². The molecule has 1 aromatic carbocycles. The van der Waals surface area contributed by atoms with Gasteiger partial charge in [-0.25, -0.2) is 4.98 Å². The molecule has 1 saturated heterocycles. The maximum absolute atomic E-state index is 12.2. The number of carbonyl (C=O) groups is 3. The number of aryl methyl sites for hydroxylation is 1. The molecule has 1 aliphatic rings.